The molecule has 2 rings (SSSR count). The minimum atomic E-state index is -3.52. The van der Waals surface area contributed by atoms with E-state index in [0.29, 0.717) is 19.4 Å². The first-order valence-electron chi connectivity index (χ1n) is 5.95. The zero-order valence-corrected chi connectivity index (χ0v) is 11.8. The van der Waals surface area contributed by atoms with Crippen molar-refractivity contribution >= 4 is 21.6 Å². The molecule has 0 spiro atoms. The molecule has 1 saturated heterocycles. The van der Waals surface area contributed by atoms with Crippen LogP contribution in [0.1, 0.15) is 19.8 Å². The summed E-state index contributed by atoms with van der Waals surface area (Å²) in [6.45, 7) is 2.34. The van der Waals surface area contributed by atoms with Crippen LogP contribution >= 0.6 is 11.6 Å². The predicted octanol–water partition coefficient (Wildman–Crippen LogP) is 1.84. The van der Waals surface area contributed by atoms with E-state index in [1.165, 1.54) is 4.31 Å². The van der Waals surface area contributed by atoms with Gasteiger partial charge in [0.1, 0.15) is 4.90 Å². The summed E-state index contributed by atoms with van der Waals surface area (Å²) in [6, 6.07) is 6.52. The summed E-state index contributed by atoms with van der Waals surface area (Å²) in [7, 11) is -3.52. The zero-order valence-electron chi connectivity index (χ0n) is 10.2. The Hall–Kier alpha value is -0.620. The fourth-order valence-electron chi connectivity index (χ4n) is 2.32. The monoisotopic (exact) mass is 288 g/mol. The molecule has 1 fully saturated rings. The summed E-state index contributed by atoms with van der Waals surface area (Å²) in [6.07, 6.45) is 1.37. The molecule has 0 saturated carbocycles. The summed E-state index contributed by atoms with van der Waals surface area (Å²) < 4.78 is 26.5. The van der Waals surface area contributed by atoms with Crippen molar-refractivity contribution in [1.29, 1.82) is 0 Å². The molecular formula is C12H17ClN2O2S. The molecule has 4 nitrogen and oxygen atoms in total. The molecule has 1 aliphatic rings. The van der Waals surface area contributed by atoms with Crippen LogP contribution in [0.25, 0.3) is 0 Å². The number of sulfonamides is 1. The first-order chi connectivity index (χ1) is 8.43. The van der Waals surface area contributed by atoms with Gasteiger partial charge in [-0.25, -0.2) is 8.42 Å². The fraction of sp³-hybridized carbons (Fsp3) is 0.500. The van der Waals surface area contributed by atoms with Gasteiger partial charge in [-0.15, -0.1) is 0 Å². The molecule has 6 heteroatoms. The Bertz CT molecular complexity index is 533. The number of rotatable bonds is 2. The van der Waals surface area contributed by atoms with Crippen molar-refractivity contribution in [3.8, 4) is 0 Å². The summed E-state index contributed by atoms with van der Waals surface area (Å²) in [4.78, 5) is 0.175. The van der Waals surface area contributed by atoms with E-state index in [0.717, 1.165) is 0 Å². The first kappa shape index (κ1) is 13.8. The van der Waals surface area contributed by atoms with Gasteiger partial charge < -0.3 is 5.73 Å². The van der Waals surface area contributed by atoms with Crippen molar-refractivity contribution in [3.05, 3.63) is 29.3 Å². The highest BCUT2D eigenvalue weighted by Gasteiger charge is 2.34. The lowest BCUT2D eigenvalue weighted by atomic mass is 10.0. The largest absolute Gasteiger partial charge is 0.328 e. The smallest absolute Gasteiger partial charge is 0.244 e. The summed E-state index contributed by atoms with van der Waals surface area (Å²) in [5, 5.41) is 0.263. The van der Waals surface area contributed by atoms with Crippen molar-refractivity contribution in [2.24, 2.45) is 5.73 Å². The highest BCUT2D eigenvalue weighted by atomic mass is 35.5. The molecule has 1 aliphatic heterocycles. The summed E-state index contributed by atoms with van der Waals surface area (Å²) in [5.41, 5.74) is 5.85. The molecule has 2 atom stereocenters. The molecule has 1 heterocycles. The standard InChI is InChI=1S/C12H17ClN2O2S/c1-9-8-10(14)6-7-15(9)18(16,17)12-5-3-2-4-11(12)13/h2-5,9-10H,6-8,14H2,1H3/t9-,10-/m0/s1. The van der Waals surface area contributed by atoms with E-state index in [4.69, 9.17) is 17.3 Å². The van der Waals surface area contributed by atoms with Crippen molar-refractivity contribution in [2.75, 3.05) is 6.54 Å². The van der Waals surface area contributed by atoms with E-state index in [-0.39, 0.29) is 22.0 Å². The third kappa shape index (κ3) is 2.54. The molecule has 0 aliphatic carbocycles. The van der Waals surface area contributed by atoms with Crippen LogP contribution in [0.2, 0.25) is 5.02 Å². The molecule has 0 radical (unpaired) electrons. The van der Waals surface area contributed by atoms with Gasteiger partial charge in [-0.3, -0.25) is 0 Å². The maximum atomic E-state index is 12.5. The second-order valence-corrected chi connectivity index (χ2v) is 6.95. The Morgan fingerprint density at radius 3 is 2.67 bits per heavy atom. The Morgan fingerprint density at radius 1 is 1.39 bits per heavy atom. The minimum Gasteiger partial charge on any atom is -0.328 e. The topological polar surface area (TPSA) is 63.4 Å². The molecule has 100 valence electrons. The van der Waals surface area contributed by atoms with Gasteiger partial charge in [-0.05, 0) is 31.9 Å². The normalized spacial score (nSPS) is 26.2. The minimum absolute atomic E-state index is 0.0812. The van der Waals surface area contributed by atoms with Gasteiger partial charge in [0.05, 0.1) is 5.02 Å². The molecule has 1 aromatic rings. The lowest BCUT2D eigenvalue weighted by Crippen LogP contribution is -2.48. The van der Waals surface area contributed by atoms with Gasteiger partial charge in [0.25, 0.3) is 0 Å². The SMILES string of the molecule is C[C@H]1C[C@@H](N)CCN1S(=O)(=O)c1ccccc1Cl. The van der Waals surface area contributed by atoms with E-state index in [1.54, 1.807) is 24.3 Å². The van der Waals surface area contributed by atoms with Crippen molar-refractivity contribution < 1.29 is 8.42 Å². The number of nitrogens with zero attached hydrogens (tertiary/aromatic N) is 1. The molecule has 0 amide bonds. The van der Waals surface area contributed by atoms with Crippen LogP contribution in [-0.4, -0.2) is 31.4 Å². The van der Waals surface area contributed by atoms with Crippen LogP contribution in [0.15, 0.2) is 29.2 Å². The fourth-order valence-corrected chi connectivity index (χ4v) is 4.48. The lowest BCUT2D eigenvalue weighted by molar-refractivity contribution is 0.247. The van der Waals surface area contributed by atoms with Gasteiger partial charge in [0.15, 0.2) is 0 Å². The van der Waals surface area contributed by atoms with Crippen LogP contribution in [-0.2, 0) is 10.0 Å². The van der Waals surface area contributed by atoms with E-state index in [2.05, 4.69) is 0 Å². The van der Waals surface area contributed by atoms with Gasteiger partial charge in [-0.2, -0.15) is 4.31 Å². The van der Waals surface area contributed by atoms with Crippen LogP contribution in [0.5, 0.6) is 0 Å². The molecule has 0 aromatic heterocycles. The van der Waals surface area contributed by atoms with E-state index >= 15 is 0 Å². The summed E-state index contributed by atoms with van der Waals surface area (Å²) in [5.74, 6) is 0. The third-order valence-electron chi connectivity index (χ3n) is 3.28. The third-order valence-corrected chi connectivity index (χ3v) is 5.79. The van der Waals surface area contributed by atoms with Crippen LogP contribution in [0, 0.1) is 0 Å². The van der Waals surface area contributed by atoms with Crippen LogP contribution in [0.4, 0.5) is 0 Å². The molecule has 18 heavy (non-hydrogen) atoms. The van der Waals surface area contributed by atoms with E-state index in [1.807, 2.05) is 6.92 Å². The predicted molar refractivity (Wildman–Crippen MR) is 72.0 cm³/mol. The van der Waals surface area contributed by atoms with Crippen LogP contribution in [0.3, 0.4) is 0 Å². The quantitative estimate of drug-likeness (QED) is 0.903. The van der Waals surface area contributed by atoms with E-state index in [9.17, 15) is 8.42 Å². The number of halogens is 1. The number of benzene rings is 1. The second kappa shape index (κ2) is 5.17. The Kier molecular flexibility index (Phi) is 3.96. The van der Waals surface area contributed by atoms with Gasteiger partial charge in [0.2, 0.25) is 10.0 Å². The number of nitrogens with two attached hydrogens (primary N) is 1. The Morgan fingerprint density at radius 2 is 2.06 bits per heavy atom. The summed E-state index contributed by atoms with van der Waals surface area (Å²) >= 11 is 5.97. The molecule has 2 N–H and O–H groups in total. The Balaban J connectivity index is 2.35. The molecule has 1 aromatic carbocycles. The number of piperidine rings is 1. The highest BCUT2D eigenvalue weighted by molar-refractivity contribution is 7.89. The van der Waals surface area contributed by atoms with Crippen LogP contribution < -0.4 is 5.73 Å². The van der Waals surface area contributed by atoms with Crippen molar-refractivity contribution in [1.82, 2.24) is 4.31 Å². The molecule has 0 unspecified atom stereocenters. The zero-order chi connectivity index (χ0) is 13.3. The van der Waals surface area contributed by atoms with Crippen molar-refractivity contribution in [3.63, 3.8) is 0 Å². The van der Waals surface area contributed by atoms with Crippen molar-refractivity contribution in [2.45, 2.75) is 36.7 Å². The maximum absolute atomic E-state index is 12.5. The molecular weight excluding hydrogens is 272 g/mol. The van der Waals surface area contributed by atoms with Gasteiger partial charge in [0, 0.05) is 18.6 Å². The van der Waals surface area contributed by atoms with Gasteiger partial charge >= 0.3 is 0 Å². The highest BCUT2D eigenvalue weighted by Crippen LogP contribution is 2.28. The number of hydrogen-bond donors (Lipinski definition) is 1. The first-order valence-corrected chi connectivity index (χ1v) is 7.76. The average molecular weight is 289 g/mol. The lowest BCUT2D eigenvalue weighted by Gasteiger charge is -2.35. The number of hydrogen-bond acceptors (Lipinski definition) is 3. The second-order valence-electron chi connectivity index (χ2n) is 4.68. The Labute approximate surface area is 113 Å². The van der Waals surface area contributed by atoms with Gasteiger partial charge in [-0.1, -0.05) is 23.7 Å². The average Bonchev–Trinajstić information content (AvgIpc) is 2.28. The molecule has 0 bridgehead atoms. The maximum Gasteiger partial charge on any atom is 0.244 e. The van der Waals surface area contributed by atoms with E-state index < -0.39 is 10.0 Å².